The summed E-state index contributed by atoms with van der Waals surface area (Å²) in [4.78, 5) is 8.69. The van der Waals surface area contributed by atoms with Gasteiger partial charge in [-0.25, -0.2) is 9.97 Å². The van der Waals surface area contributed by atoms with Gasteiger partial charge in [0.2, 0.25) is 0 Å². The summed E-state index contributed by atoms with van der Waals surface area (Å²) in [6, 6.07) is 0. The molecule has 0 amide bonds. The zero-order chi connectivity index (χ0) is 12.8. The van der Waals surface area contributed by atoms with Gasteiger partial charge in [0, 0.05) is 19.2 Å². The van der Waals surface area contributed by atoms with Crippen LogP contribution in [-0.4, -0.2) is 35.1 Å². The summed E-state index contributed by atoms with van der Waals surface area (Å²) in [7, 11) is 1.92. The Kier molecular flexibility index (Phi) is 5.11. The second-order valence-electron chi connectivity index (χ2n) is 4.66. The lowest BCUT2D eigenvalue weighted by atomic mass is 10.1. The van der Waals surface area contributed by atoms with Crippen LogP contribution in [0.3, 0.4) is 0 Å². The van der Waals surface area contributed by atoms with E-state index in [9.17, 15) is 0 Å². The SMILES string of the molecule is CCCc1c(NC)ncnc1NCC1CCSC1. The second-order valence-corrected chi connectivity index (χ2v) is 5.81. The van der Waals surface area contributed by atoms with Gasteiger partial charge >= 0.3 is 0 Å². The van der Waals surface area contributed by atoms with Gasteiger partial charge in [0.1, 0.15) is 18.0 Å². The molecule has 1 aliphatic rings. The summed E-state index contributed by atoms with van der Waals surface area (Å²) in [6.07, 6.45) is 5.08. The lowest BCUT2D eigenvalue weighted by molar-refractivity contribution is 0.629. The van der Waals surface area contributed by atoms with Crippen LogP contribution in [0.4, 0.5) is 11.6 Å². The zero-order valence-electron chi connectivity index (χ0n) is 11.2. The summed E-state index contributed by atoms with van der Waals surface area (Å²) >= 11 is 2.05. The molecule has 5 heteroatoms. The third-order valence-electron chi connectivity index (χ3n) is 3.26. The van der Waals surface area contributed by atoms with E-state index in [1.165, 1.54) is 23.5 Å². The van der Waals surface area contributed by atoms with E-state index in [1.54, 1.807) is 6.33 Å². The molecule has 2 heterocycles. The van der Waals surface area contributed by atoms with Gasteiger partial charge in [-0.3, -0.25) is 0 Å². The number of nitrogens with one attached hydrogen (secondary N) is 2. The van der Waals surface area contributed by atoms with E-state index in [1.807, 2.05) is 7.05 Å². The van der Waals surface area contributed by atoms with Gasteiger partial charge in [0.25, 0.3) is 0 Å². The van der Waals surface area contributed by atoms with Crippen LogP contribution in [0.15, 0.2) is 6.33 Å². The molecule has 4 nitrogen and oxygen atoms in total. The maximum Gasteiger partial charge on any atom is 0.134 e. The molecule has 1 aromatic heterocycles. The van der Waals surface area contributed by atoms with Crippen LogP contribution >= 0.6 is 11.8 Å². The van der Waals surface area contributed by atoms with Crippen molar-refractivity contribution in [3.63, 3.8) is 0 Å². The molecule has 18 heavy (non-hydrogen) atoms. The molecule has 1 fully saturated rings. The van der Waals surface area contributed by atoms with Gasteiger partial charge in [0.15, 0.2) is 0 Å². The van der Waals surface area contributed by atoms with E-state index in [0.29, 0.717) is 0 Å². The number of hydrogen-bond acceptors (Lipinski definition) is 5. The normalized spacial score (nSPS) is 18.9. The Morgan fingerprint density at radius 3 is 2.89 bits per heavy atom. The molecule has 100 valence electrons. The highest BCUT2D eigenvalue weighted by molar-refractivity contribution is 7.99. The molecule has 0 spiro atoms. The first-order chi connectivity index (χ1) is 8.85. The summed E-state index contributed by atoms with van der Waals surface area (Å²) in [6.45, 7) is 3.22. The molecule has 1 aliphatic heterocycles. The third kappa shape index (κ3) is 3.28. The minimum atomic E-state index is 0.789. The second kappa shape index (κ2) is 6.83. The van der Waals surface area contributed by atoms with Gasteiger partial charge in [-0.15, -0.1) is 0 Å². The van der Waals surface area contributed by atoms with Crippen LogP contribution in [-0.2, 0) is 6.42 Å². The predicted octanol–water partition coefficient (Wildman–Crippen LogP) is 2.64. The van der Waals surface area contributed by atoms with Crippen molar-refractivity contribution in [2.75, 3.05) is 35.7 Å². The minimum absolute atomic E-state index is 0.789. The smallest absolute Gasteiger partial charge is 0.134 e. The maximum absolute atomic E-state index is 4.40. The number of aromatic nitrogens is 2. The first-order valence-electron chi connectivity index (χ1n) is 6.68. The van der Waals surface area contributed by atoms with Gasteiger partial charge < -0.3 is 10.6 Å². The van der Waals surface area contributed by atoms with Crippen molar-refractivity contribution in [2.24, 2.45) is 5.92 Å². The van der Waals surface area contributed by atoms with Crippen LogP contribution in [0.1, 0.15) is 25.3 Å². The average Bonchev–Trinajstić information content (AvgIpc) is 2.91. The lowest BCUT2D eigenvalue weighted by Crippen LogP contribution is -2.16. The highest BCUT2D eigenvalue weighted by Gasteiger charge is 2.16. The van der Waals surface area contributed by atoms with Crippen LogP contribution in [0.2, 0.25) is 0 Å². The first-order valence-corrected chi connectivity index (χ1v) is 7.83. The summed E-state index contributed by atoms with van der Waals surface area (Å²) < 4.78 is 0. The molecule has 0 aliphatic carbocycles. The number of anilines is 2. The van der Waals surface area contributed by atoms with E-state index < -0.39 is 0 Å². The Hall–Kier alpha value is -0.970. The van der Waals surface area contributed by atoms with Crippen molar-refractivity contribution < 1.29 is 0 Å². The molecular weight excluding hydrogens is 244 g/mol. The largest absolute Gasteiger partial charge is 0.373 e. The van der Waals surface area contributed by atoms with Crippen molar-refractivity contribution >= 4 is 23.4 Å². The number of hydrogen-bond donors (Lipinski definition) is 2. The van der Waals surface area contributed by atoms with Crippen molar-refractivity contribution in [2.45, 2.75) is 26.2 Å². The maximum atomic E-state index is 4.40. The highest BCUT2D eigenvalue weighted by atomic mass is 32.2. The first kappa shape index (κ1) is 13.5. The van der Waals surface area contributed by atoms with E-state index in [2.05, 4.69) is 39.3 Å². The van der Waals surface area contributed by atoms with Gasteiger partial charge in [-0.1, -0.05) is 13.3 Å². The fraction of sp³-hybridized carbons (Fsp3) is 0.692. The molecular formula is C13H22N4S. The molecule has 2 rings (SSSR count). The van der Waals surface area contributed by atoms with Gasteiger partial charge in [0.05, 0.1) is 0 Å². The monoisotopic (exact) mass is 266 g/mol. The molecule has 1 aromatic rings. The minimum Gasteiger partial charge on any atom is -0.373 e. The number of rotatable bonds is 6. The molecule has 0 aromatic carbocycles. The standard InChI is InChI=1S/C13H22N4S/c1-3-4-11-12(14-2)16-9-17-13(11)15-7-10-5-6-18-8-10/h9-10H,3-8H2,1-2H3,(H2,14,15,16,17). The third-order valence-corrected chi connectivity index (χ3v) is 4.50. The van der Waals surface area contributed by atoms with E-state index in [4.69, 9.17) is 0 Å². The van der Waals surface area contributed by atoms with Crippen LogP contribution in [0.5, 0.6) is 0 Å². The molecule has 0 saturated carbocycles. The number of nitrogens with zero attached hydrogens (tertiary/aromatic N) is 2. The fourth-order valence-electron chi connectivity index (χ4n) is 2.25. The van der Waals surface area contributed by atoms with Crippen molar-refractivity contribution in [3.05, 3.63) is 11.9 Å². The number of thioether (sulfide) groups is 1. The van der Waals surface area contributed by atoms with Crippen LogP contribution < -0.4 is 10.6 Å². The average molecular weight is 266 g/mol. The zero-order valence-corrected chi connectivity index (χ0v) is 12.0. The Balaban J connectivity index is 2.05. The Labute approximate surface area is 113 Å². The predicted molar refractivity (Wildman–Crippen MR) is 79.5 cm³/mol. The molecule has 1 unspecified atom stereocenters. The Bertz CT molecular complexity index is 377. The fourth-order valence-corrected chi connectivity index (χ4v) is 3.54. The van der Waals surface area contributed by atoms with Gasteiger partial charge in [-0.05, 0) is 30.3 Å². The summed E-state index contributed by atoms with van der Waals surface area (Å²) in [5.74, 6) is 5.33. The topological polar surface area (TPSA) is 49.8 Å². The Morgan fingerprint density at radius 1 is 1.39 bits per heavy atom. The molecule has 1 atom stereocenters. The van der Waals surface area contributed by atoms with E-state index >= 15 is 0 Å². The Morgan fingerprint density at radius 2 is 2.22 bits per heavy atom. The molecule has 2 N–H and O–H groups in total. The molecule has 0 bridgehead atoms. The highest BCUT2D eigenvalue weighted by Crippen LogP contribution is 2.25. The van der Waals surface area contributed by atoms with Gasteiger partial charge in [-0.2, -0.15) is 11.8 Å². The summed E-state index contributed by atoms with van der Waals surface area (Å²) in [5, 5.41) is 6.66. The lowest BCUT2D eigenvalue weighted by Gasteiger charge is -2.15. The molecule has 0 radical (unpaired) electrons. The summed E-state index contributed by atoms with van der Waals surface area (Å²) in [5.41, 5.74) is 1.22. The van der Waals surface area contributed by atoms with Crippen LogP contribution in [0, 0.1) is 5.92 Å². The van der Waals surface area contributed by atoms with Crippen LogP contribution in [0.25, 0.3) is 0 Å². The molecule has 1 saturated heterocycles. The van der Waals surface area contributed by atoms with Crippen molar-refractivity contribution in [3.8, 4) is 0 Å². The van der Waals surface area contributed by atoms with Crippen molar-refractivity contribution in [1.82, 2.24) is 9.97 Å². The quantitative estimate of drug-likeness (QED) is 0.829. The van der Waals surface area contributed by atoms with E-state index in [0.717, 1.165) is 36.9 Å². The van der Waals surface area contributed by atoms with Crippen molar-refractivity contribution in [1.29, 1.82) is 0 Å². The van der Waals surface area contributed by atoms with E-state index in [-0.39, 0.29) is 0 Å².